The van der Waals surface area contributed by atoms with E-state index in [0.29, 0.717) is 12.2 Å². The van der Waals surface area contributed by atoms with Gasteiger partial charge < -0.3 is 15.4 Å². The highest BCUT2D eigenvalue weighted by molar-refractivity contribution is 5.75. The molecule has 15 heavy (non-hydrogen) atoms. The molecule has 0 aliphatic carbocycles. The number of hydrogen-bond donors (Lipinski definition) is 2. The van der Waals surface area contributed by atoms with Crippen LogP contribution < -0.4 is 10.6 Å². The highest BCUT2D eigenvalue weighted by Gasteiger charge is 2.13. The minimum Gasteiger partial charge on any atom is -0.468 e. The van der Waals surface area contributed by atoms with Crippen molar-refractivity contribution in [3.8, 4) is 5.75 Å². The van der Waals surface area contributed by atoms with Gasteiger partial charge in [0.2, 0.25) is 0 Å². The summed E-state index contributed by atoms with van der Waals surface area (Å²) in [4.78, 5) is 15.0. The summed E-state index contributed by atoms with van der Waals surface area (Å²) in [5, 5.41) is 8.34. The first-order chi connectivity index (χ1) is 7.17. The third-order valence-electron chi connectivity index (χ3n) is 1.99. The van der Waals surface area contributed by atoms with Crippen LogP contribution in [0, 0.1) is 0 Å². The van der Waals surface area contributed by atoms with E-state index in [0.717, 1.165) is 5.56 Å². The molecule has 1 aromatic rings. The highest BCUT2D eigenvalue weighted by atomic mass is 17.1. The van der Waals surface area contributed by atoms with Crippen LogP contribution >= 0.6 is 0 Å². The second-order valence-electron chi connectivity index (χ2n) is 3.07. The molecule has 0 bridgehead atoms. The number of ether oxygens (including phenoxy) is 1. The molecule has 0 aliphatic rings. The van der Waals surface area contributed by atoms with Crippen LogP contribution in [0.25, 0.3) is 0 Å². The van der Waals surface area contributed by atoms with E-state index in [1.807, 2.05) is 0 Å². The molecule has 0 saturated carbocycles. The van der Waals surface area contributed by atoms with Gasteiger partial charge in [-0.3, -0.25) is 4.79 Å². The number of carbonyl (C=O) groups excluding carboxylic acids is 1. The Morgan fingerprint density at radius 1 is 1.47 bits per heavy atom. The number of rotatable bonds is 4. The first-order valence-electron chi connectivity index (χ1n) is 4.41. The number of esters is 1. The van der Waals surface area contributed by atoms with Crippen molar-refractivity contribution in [2.45, 2.75) is 12.5 Å². The van der Waals surface area contributed by atoms with Crippen LogP contribution in [0.4, 0.5) is 0 Å². The van der Waals surface area contributed by atoms with Gasteiger partial charge in [0.15, 0.2) is 5.75 Å². The molecule has 0 aliphatic heterocycles. The third-order valence-corrected chi connectivity index (χ3v) is 1.99. The molecule has 0 aromatic heterocycles. The zero-order valence-corrected chi connectivity index (χ0v) is 8.34. The number of benzene rings is 1. The highest BCUT2D eigenvalue weighted by Crippen LogP contribution is 2.12. The number of nitrogens with two attached hydrogens (primary N) is 1. The predicted octanol–water partition coefficient (Wildman–Crippen LogP) is 0.581. The Bertz CT molecular complexity index is 323. The summed E-state index contributed by atoms with van der Waals surface area (Å²) in [6.07, 6.45) is 0.387. The van der Waals surface area contributed by atoms with Crippen molar-refractivity contribution in [2.24, 2.45) is 5.73 Å². The average Bonchev–Trinajstić information content (AvgIpc) is 2.29. The van der Waals surface area contributed by atoms with Crippen LogP contribution in [-0.2, 0) is 16.0 Å². The van der Waals surface area contributed by atoms with E-state index in [1.54, 1.807) is 24.3 Å². The zero-order chi connectivity index (χ0) is 11.3. The first-order valence-corrected chi connectivity index (χ1v) is 4.41. The van der Waals surface area contributed by atoms with Crippen LogP contribution in [0.3, 0.4) is 0 Å². The molecule has 82 valence electrons. The van der Waals surface area contributed by atoms with E-state index in [1.165, 1.54) is 7.11 Å². The summed E-state index contributed by atoms with van der Waals surface area (Å²) >= 11 is 0. The number of hydrogen-bond acceptors (Lipinski definition) is 5. The monoisotopic (exact) mass is 211 g/mol. The van der Waals surface area contributed by atoms with Crippen molar-refractivity contribution in [3.63, 3.8) is 0 Å². The van der Waals surface area contributed by atoms with Gasteiger partial charge in [0, 0.05) is 0 Å². The standard InChI is InChI=1S/C10H13NO4/c1-14-10(12)9(11)6-7-2-4-8(15-13)5-3-7/h2-5,9,13H,6,11H2,1H3. The maximum absolute atomic E-state index is 11.0. The van der Waals surface area contributed by atoms with Gasteiger partial charge in [-0.05, 0) is 24.1 Å². The molecule has 0 saturated heterocycles. The molecule has 1 atom stereocenters. The zero-order valence-electron chi connectivity index (χ0n) is 8.34. The van der Waals surface area contributed by atoms with Crippen molar-refractivity contribution in [1.82, 2.24) is 0 Å². The molecule has 3 N–H and O–H groups in total. The van der Waals surface area contributed by atoms with Crippen molar-refractivity contribution in [3.05, 3.63) is 29.8 Å². The van der Waals surface area contributed by atoms with Crippen molar-refractivity contribution in [1.29, 1.82) is 0 Å². The number of methoxy groups -OCH3 is 1. The molecule has 0 spiro atoms. The molecule has 0 fully saturated rings. The molecule has 0 heterocycles. The van der Waals surface area contributed by atoms with Gasteiger partial charge >= 0.3 is 5.97 Å². The summed E-state index contributed by atoms with van der Waals surface area (Å²) < 4.78 is 4.50. The Labute approximate surface area is 87.3 Å². The lowest BCUT2D eigenvalue weighted by molar-refractivity contribution is -0.142. The molecule has 0 radical (unpaired) electrons. The van der Waals surface area contributed by atoms with Crippen LogP contribution in [-0.4, -0.2) is 24.4 Å². The van der Waals surface area contributed by atoms with Crippen LogP contribution in [0.15, 0.2) is 24.3 Å². The predicted molar refractivity (Wildman–Crippen MR) is 53.4 cm³/mol. The summed E-state index contributed by atoms with van der Waals surface area (Å²) in [5.74, 6) is -0.108. The van der Waals surface area contributed by atoms with E-state index in [2.05, 4.69) is 9.62 Å². The fourth-order valence-electron chi connectivity index (χ4n) is 1.18. The fraction of sp³-hybridized carbons (Fsp3) is 0.300. The van der Waals surface area contributed by atoms with Crippen LogP contribution in [0.1, 0.15) is 5.56 Å². The number of carbonyl (C=O) groups is 1. The van der Waals surface area contributed by atoms with E-state index in [4.69, 9.17) is 11.0 Å². The van der Waals surface area contributed by atoms with Gasteiger partial charge in [-0.1, -0.05) is 12.1 Å². The van der Waals surface area contributed by atoms with Crippen LogP contribution in [0.5, 0.6) is 5.75 Å². The molecule has 1 rings (SSSR count). The molecule has 1 aromatic carbocycles. The Hall–Kier alpha value is -1.59. The second kappa shape index (κ2) is 5.33. The van der Waals surface area contributed by atoms with Gasteiger partial charge in [0.05, 0.1) is 7.11 Å². The normalized spacial score (nSPS) is 11.9. The van der Waals surface area contributed by atoms with Gasteiger partial charge in [-0.25, -0.2) is 5.26 Å². The topological polar surface area (TPSA) is 81.8 Å². The van der Waals surface area contributed by atoms with E-state index >= 15 is 0 Å². The maximum atomic E-state index is 11.0. The van der Waals surface area contributed by atoms with Crippen molar-refractivity contribution < 1.29 is 19.7 Å². The van der Waals surface area contributed by atoms with E-state index in [9.17, 15) is 4.79 Å². The van der Waals surface area contributed by atoms with Gasteiger partial charge in [-0.2, -0.15) is 0 Å². The van der Waals surface area contributed by atoms with E-state index in [-0.39, 0.29) is 0 Å². The van der Waals surface area contributed by atoms with Crippen molar-refractivity contribution in [2.75, 3.05) is 7.11 Å². The lowest BCUT2D eigenvalue weighted by Crippen LogP contribution is -2.33. The van der Waals surface area contributed by atoms with Gasteiger partial charge in [-0.15, -0.1) is 0 Å². The van der Waals surface area contributed by atoms with Crippen LogP contribution in [0.2, 0.25) is 0 Å². The minimum atomic E-state index is -0.670. The second-order valence-corrected chi connectivity index (χ2v) is 3.07. The molecular weight excluding hydrogens is 198 g/mol. The summed E-state index contributed by atoms with van der Waals surface area (Å²) in [5.41, 5.74) is 6.44. The average molecular weight is 211 g/mol. The molecule has 0 amide bonds. The SMILES string of the molecule is COC(=O)C(N)Cc1ccc(OO)cc1. The van der Waals surface area contributed by atoms with Crippen molar-refractivity contribution >= 4 is 5.97 Å². The summed E-state index contributed by atoms with van der Waals surface area (Å²) in [6.45, 7) is 0. The molecule has 5 heteroatoms. The molecule has 1 unspecified atom stereocenters. The third kappa shape index (κ3) is 3.23. The smallest absolute Gasteiger partial charge is 0.322 e. The molecule has 5 nitrogen and oxygen atoms in total. The Morgan fingerprint density at radius 2 is 2.07 bits per heavy atom. The fourth-order valence-corrected chi connectivity index (χ4v) is 1.18. The van der Waals surface area contributed by atoms with Gasteiger partial charge in [0.1, 0.15) is 6.04 Å². The lowest BCUT2D eigenvalue weighted by atomic mass is 10.1. The van der Waals surface area contributed by atoms with Gasteiger partial charge in [0.25, 0.3) is 0 Å². The Morgan fingerprint density at radius 3 is 2.53 bits per heavy atom. The first kappa shape index (κ1) is 11.5. The summed E-state index contributed by atoms with van der Waals surface area (Å²) in [6, 6.07) is 5.93. The van der Waals surface area contributed by atoms with E-state index < -0.39 is 12.0 Å². The largest absolute Gasteiger partial charge is 0.468 e. The maximum Gasteiger partial charge on any atom is 0.322 e. The lowest BCUT2D eigenvalue weighted by Gasteiger charge is -2.08. The Kier molecular flexibility index (Phi) is 4.08. The summed E-state index contributed by atoms with van der Waals surface area (Å²) in [7, 11) is 1.30. The quantitative estimate of drug-likeness (QED) is 0.432. The Balaban J connectivity index is 2.60. The minimum absolute atomic E-state index is 0.338. The molecular formula is C10H13NO4.